The van der Waals surface area contributed by atoms with Crippen molar-refractivity contribution in [2.75, 3.05) is 6.61 Å². The maximum atomic E-state index is 13.2. The zero-order valence-electron chi connectivity index (χ0n) is 9.77. The molecule has 0 aliphatic carbocycles. The Balaban J connectivity index is 2.02. The maximum absolute atomic E-state index is 13.2. The van der Waals surface area contributed by atoms with Gasteiger partial charge in [-0.15, -0.1) is 0 Å². The summed E-state index contributed by atoms with van der Waals surface area (Å²) < 4.78 is 30.9. The third kappa shape index (κ3) is 3.28. The second-order valence-electron chi connectivity index (χ2n) is 3.83. The SMILES string of the molecule is O=C(COc1ccc(F)cc1F)c1ccc(O)cc1. The summed E-state index contributed by atoms with van der Waals surface area (Å²) >= 11 is 0. The van der Waals surface area contributed by atoms with Crippen LogP contribution >= 0.6 is 0 Å². The number of carbonyl (C=O) groups is 1. The fourth-order valence-electron chi connectivity index (χ4n) is 1.47. The first kappa shape index (κ1) is 13.0. The number of halogens is 2. The largest absolute Gasteiger partial charge is 0.508 e. The summed E-state index contributed by atoms with van der Waals surface area (Å²) in [5, 5.41) is 9.08. The van der Waals surface area contributed by atoms with Gasteiger partial charge in [0.2, 0.25) is 0 Å². The van der Waals surface area contributed by atoms with Crippen molar-refractivity contribution in [1.29, 1.82) is 0 Å². The molecule has 0 fully saturated rings. The molecule has 0 saturated carbocycles. The number of ketones is 1. The summed E-state index contributed by atoms with van der Waals surface area (Å²) in [5.41, 5.74) is 0.334. The first-order valence-electron chi connectivity index (χ1n) is 5.46. The Hall–Kier alpha value is -2.43. The van der Waals surface area contributed by atoms with Gasteiger partial charge in [0.25, 0.3) is 0 Å². The Morgan fingerprint density at radius 1 is 1.11 bits per heavy atom. The number of phenols is 1. The van der Waals surface area contributed by atoms with Crippen molar-refractivity contribution in [3.05, 3.63) is 59.7 Å². The molecule has 0 aromatic heterocycles. The van der Waals surface area contributed by atoms with Gasteiger partial charge in [-0.05, 0) is 36.4 Å². The molecule has 0 radical (unpaired) electrons. The lowest BCUT2D eigenvalue weighted by Crippen LogP contribution is -2.12. The number of aromatic hydroxyl groups is 1. The molecule has 0 atom stereocenters. The third-order valence-electron chi connectivity index (χ3n) is 2.44. The Morgan fingerprint density at radius 2 is 1.79 bits per heavy atom. The number of hydrogen-bond donors (Lipinski definition) is 1. The van der Waals surface area contributed by atoms with E-state index in [0.717, 1.165) is 12.1 Å². The van der Waals surface area contributed by atoms with E-state index in [2.05, 4.69) is 0 Å². The topological polar surface area (TPSA) is 46.5 Å². The number of benzene rings is 2. The Labute approximate surface area is 108 Å². The molecule has 3 nitrogen and oxygen atoms in total. The molecule has 2 aromatic carbocycles. The van der Waals surface area contributed by atoms with Crippen LogP contribution in [0.3, 0.4) is 0 Å². The highest BCUT2D eigenvalue weighted by atomic mass is 19.1. The van der Waals surface area contributed by atoms with Gasteiger partial charge in [0.15, 0.2) is 24.0 Å². The predicted octanol–water partition coefficient (Wildman–Crippen LogP) is 2.93. The monoisotopic (exact) mass is 264 g/mol. The van der Waals surface area contributed by atoms with E-state index in [1.54, 1.807) is 0 Å². The van der Waals surface area contributed by atoms with Crippen molar-refractivity contribution < 1.29 is 23.4 Å². The molecule has 5 heteroatoms. The number of carbonyl (C=O) groups excluding carboxylic acids is 1. The van der Waals surface area contributed by atoms with E-state index in [4.69, 9.17) is 9.84 Å². The Morgan fingerprint density at radius 3 is 2.42 bits per heavy atom. The van der Waals surface area contributed by atoms with E-state index in [-0.39, 0.29) is 23.9 Å². The lowest BCUT2D eigenvalue weighted by atomic mass is 10.1. The van der Waals surface area contributed by atoms with Gasteiger partial charge in [-0.25, -0.2) is 8.78 Å². The lowest BCUT2D eigenvalue weighted by Gasteiger charge is -2.06. The smallest absolute Gasteiger partial charge is 0.200 e. The molecular formula is C14H10F2O3. The van der Waals surface area contributed by atoms with E-state index in [1.807, 2.05) is 0 Å². The summed E-state index contributed by atoms with van der Waals surface area (Å²) in [6.45, 7) is -0.368. The van der Waals surface area contributed by atoms with Crippen molar-refractivity contribution in [3.8, 4) is 11.5 Å². The number of ether oxygens (including phenoxy) is 1. The van der Waals surface area contributed by atoms with Crippen LogP contribution in [0.5, 0.6) is 11.5 Å². The standard InChI is InChI=1S/C14H10F2O3/c15-10-3-6-14(12(16)7-10)19-8-13(18)9-1-4-11(17)5-2-9/h1-7,17H,8H2. The molecule has 0 saturated heterocycles. The Bertz CT molecular complexity index is 594. The second kappa shape index (κ2) is 5.48. The van der Waals surface area contributed by atoms with Gasteiger partial charge in [0.05, 0.1) is 0 Å². The second-order valence-corrected chi connectivity index (χ2v) is 3.83. The molecule has 0 aliphatic rings. The van der Waals surface area contributed by atoms with E-state index in [9.17, 15) is 13.6 Å². The highest BCUT2D eigenvalue weighted by molar-refractivity contribution is 5.97. The average molecular weight is 264 g/mol. The van der Waals surface area contributed by atoms with Crippen molar-refractivity contribution >= 4 is 5.78 Å². The molecule has 0 spiro atoms. The minimum absolute atomic E-state index is 0.0436. The minimum Gasteiger partial charge on any atom is -0.508 e. The van der Waals surface area contributed by atoms with Crippen molar-refractivity contribution in [1.82, 2.24) is 0 Å². The van der Waals surface area contributed by atoms with Crippen LogP contribution in [0.4, 0.5) is 8.78 Å². The van der Waals surface area contributed by atoms with Crippen molar-refractivity contribution in [2.45, 2.75) is 0 Å². The quantitative estimate of drug-likeness (QED) is 0.864. The molecule has 19 heavy (non-hydrogen) atoms. The highest BCUT2D eigenvalue weighted by Gasteiger charge is 2.10. The first-order chi connectivity index (χ1) is 9.06. The van der Waals surface area contributed by atoms with E-state index in [0.29, 0.717) is 11.6 Å². The number of hydrogen-bond acceptors (Lipinski definition) is 3. The molecule has 0 bridgehead atoms. The molecule has 0 unspecified atom stereocenters. The number of rotatable bonds is 4. The third-order valence-corrected chi connectivity index (χ3v) is 2.44. The minimum atomic E-state index is -0.862. The molecule has 0 aliphatic heterocycles. The van der Waals surface area contributed by atoms with Gasteiger partial charge in [0.1, 0.15) is 11.6 Å². The molecule has 2 rings (SSSR count). The van der Waals surface area contributed by atoms with Crippen LogP contribution < -0.4 is 4.74 Å². The van der Waals surface area contributed by atoms with E-state index < -0.39 is 11.6 Å². The fourth-order valence-corrected chi connectivity index (χ4v) is 1.47. The van der Waals surface area contributed by atoms with Crippen LogP contribution in [0.2, 0.25) is 0 Å². The summed E-state index contributed by atoms with van der Waals surface area (Å²) in [5.74, 6) is -2.09. The van der Waals surface area contributed by atoms with Crippen LogP contribution in [-0.4, -0.2) is 17.5 Å². The molecular weight excluding hydrogens is 254 g/mol. The van der Waals surface area contributed by atoms with Gasteiger partial charge in [-0.1, -0.05) is 0 Å². The van der Waals surface area contributed by atoms with Gasteiger partial charge >= 0.3 is 0 Å². The molecule has 0 heterocycles. The van der Waals surface area contributed by atoms with E-state index in [1.165, 1.54) is 24.3 Å². The van der Waals surface area contributed by atoms with Crippen LogP contribution in [0.25, 0.3) is 0 Å². The molecule has 2 aromatic rings. The fraction of sp³-hybridized carbons (Fsp3) is 0.0714. The zero-order chi connectivity index (χ0) is 13.8. The Kier molecular flexibility index (Phi) is 3.75. The van der Waals surface area contributed by atoms with Gasteiger partial charge in [-0.2, -0.15) is 0 Å². The van der Waals surface area contributed by atoms with Gasteiger partial charge in [0, 0.05) is 11.6 Å². The first-order valence-corrected chi connectivity index (χ1v) is 5.46. The van der Waals surface area contributed by atoms with E-state index >= 15 is 0 Å². The molecule has 0 amide bonds. The van der Waals surface area contributed by atoms with Crippen LogP contribution in [0.1, 0.15) is 10.4 Å². The molecule has 1 N–H and O–H groups in total. The number of phenolic OH excluding ortho intramolecular Hbond substituents is 1. The predicted molar refractivity (Wildman–Crippen MR) is 64.3 cm³/mol. The zero-order valence-corrected chi connectivity index (χ0v) is 9.77. The highest BCUT2D eigenvalue weighted by Crippen LogP contribution is 2.18. The van der Waals surface area contributed by atoms with Crippen molar-refractivity contribution in [3.63, 3.8) is 0 Å². The lowest BCUT2D eigenvalue weighted by molar-refractivity contribution is 0.0918. The normalized spacial score (nSPS) is 10.2. The van der Waals surface area contributed by atoms with Crippen LogP contribution in [0, 0.1) is 11.6 Å². The summed E-state index contributed by atoms with van der Waals surface area (Å²) in [7, 11) is 0. The van der Waals surface area contributed by atoms with Crippen molar-refractivity contribution in [2.24, 2.45) is 0 Å². The van der Waals surface area contributed by atoms with Gasteiger partial charge in [-0.3, -0.25) is 4.79 Å². The summed E-state index contributed by atoms with van der Waals surface area (Å²) in [6, 6.07) is 8.44. The summed E-state index contributed by atoms with van der Waals surface area (Å²) in [6.07, 6.45) is 0. The van der Waals surface area contributed by atoms with Crippen LogP contribution in [0.15, 0.2) is 42.5 Å². The summed E-state index contributed by atoms with van der Waals surface area (Å²) in [4.78, 5) is 11.7. The van der Waals surface area contributed by atoms with Crippen LogP contribution in [-0.2, 0) is 0 Å². The average Bonchev–Trinajstić information content (AvgIpc) is 2.38. The van der Waals surface area contributed by atoms with Gasteiger partial charge < -0.3 is 9.84 Å². The maximum Gasteiger partial charge on any atom is 0.200 e. The number of Topliss-reactive ketones (excluding diaryl/α,β-unsaturated/α-hetero) is 1. The molecule has 98 valence electrons.